The normalized spacial score (nSPS) is 9.00. The molecule has 0 heterocycles. The molecule has 0 unspecified atom stereocenters. The third-order valence-electron chi connectivity index (χ3n) is 1.12. The van der Waals surface area contributed by atoms with Gasteiger partial charge < -0.3 is 0 Å². The SMILES string of the molecule is C=NN(C)C(=O)CCCS. The van der Waals surface area contributed by atoms with Crippen LogP contribution in [0.4, 0.5) is 0 Å². The zero-order chi connectivity index (χ0) is 7.98. The maximum atomic E-state index is 10.9. The molecule has 0 aliphatic rings. The number of hydrazone groups is 1. The summed E-state index contributed by atoms with van der Waals surface area (Å²) in [5.41, 5.74) is 0. The minimum atomic E-state index is -0.0101. The number of amides is 1. The number of carbonyl (C=O) groups excluding carboxylic acids is 1. The van der Waals surface area contributed by atoms with Gasteiger partial charge in [0.15, 0.2) is 0 Å². The monoisotopic (exact) mass is 160 g/mol. The van der Waals surface area contributed by atoms with Crippen molar-refractivity contribution in [3.05, 3.63) is 0 Å². The van der Waals surface area contributed by atoms with Crippen molar-refractivity contribution in [3.8, 4) is 0 Å². The largest absolute Gasteiger partial charge is 0.273 e. The van der Waals surface area contributed by atoms with Crippen molar-refractivity contribution in [1.29, 1.82) is 0 Å². The van der Waals surface area contributed by atoms with Crippen LogP contribution in [0.5, 0.6) is 0 Å². The lowest BCUT2D eigenvalue weighted by Gasteiger charge is -2.07. The third-order valence-corrected chi connectivity index (χ3v) is 1.44. The van der Waals surface area contributed by atoms with Crippen molar-refractivity contribution in [2.45, 2.75) is 12.8 Å². The van der Waals surface area contributed by atoms with Gasteiger partial charge in [0.05, 0.1) is 0 Å². The van der Waals surface area contributed by atoms with E-state index in [1.165, 1.54) is 5.01 Å². The van der Waals surface area contributed by atoms with Gasteiger partial charge in [-0.05, 0) is 12.2 Å². The Morgan fingerprint density at radius 2 is 2.40 bits per heavy atom. The van der Waals surface area contributed by atoms with E-state index in [1.807, 2.05) is 0 Å². The summed E-state index contributed by atoms with van der Waals surface area (Å²) < 4.78 is 0. The Hall–Kier alpha value is -0.510. The van der Waals surface area contributed by atoms with Crippen LogP contribution in [-0.4, -0.2) is 30.4 Å². The van der Waals surface area contributed by atoms with Gasteiger partial charge in [0.1, 0.15) is 0 Å². The highest BCUT2D eigenvalue weighted by molar-refractivity contribution is 7.80. The van der Waals surface area contributed by atoms with E-state index in [1.54, 1.807) is 7.05 Å². The van der Waals surface area contributed by atoms with Gasteiger partial charge in [-0.25, -0.2) is 5.01 Å². The summed E-state index contributed by atoms with van der Waals surface area (Å²) in [5, 5.41) is 4.69. The smallest absolute Gasteiger partial charge is 0.242 e. The van der Waals surface area contributed by atoms with Gasteiger partial charge in [0.2, 0.25) is 5.91 Å². The van der Waals surface area contributed by atoms with E-state index in [2.05, 4.69) is 24.4 Å². The molecule has 0 aromatic carbocycles. The van der Waals surface area contributed by atoms with E-state index in [-0.39, 0.29) is 5.91 Å². The van der Waals surface area contributed by atoms with Crippen molar-refractivity contribution in [2.24, 2.45) is 5.10 Å². The average Bonchev–Trinajstić information content (AvgIpc) is 1.98. The summed E-state index contributed by atoms with van der Waals surface area (Å²) in [6.45, 7) is 3.23. The van der Waals surface area contributed by atoms with Crippen molar-refractivity contribution in [3.63, 3.8) is 0 Å². The Kier molecular flexibility index (Phi) is 5.02. The molecule has 3 nitrogen and oxygen atoms in total. The molecule has 10 heavy (non-hydrogen) atoms. The molecule has 0 spiro atoms. The minimum absolute atomic E-state index is 0.0101. The summed E-state index contributed by atoms with van der Waals surface area (Å²) in [4.78, 5) is 10.9. The summed E-state index contributed by atoms with van der Waals surface area (Å²) in [6, 6.07) is 0. The molecule has 0 saturated heterocycles. The molecule has 0 atom stereocenters. The molecule has 0 aliphatic carbocycles. The van der Waals surface area contributed by atoms with Crippen LogP contribution in [0.2, 0.25) is 0 Å². The fourth-order valence-corrected chi connectivity index (χ4v) is 0.629. The van der Waals surface area contributed by atoms with Crippen molar-refractivity contribution in [2.75, 3.05) is 12.8 Å². The molecule has 0 saturated carbocycles. The summed E-state index contributed by atoms with van der Waals surface area (Å²) >= 11 is 3.98. The molecule has 0 rings (SSSR count). The van der Waals surface area contributed by atoms with E-state index in [9.17, 15) is 4.79 Å². The lowest BCUT2D eigenvalue weighted by atomic mass is 10.3. The fourth-order valence-electron chi connectivity index (χ4n) is 0.471. The summed E-state index contributed by atoms with van der Waals surface area (Å²) in [6.07, 6.45) is 1.29. The van der Waals surface area contributed by atoms with E-state index in [0.717, 1.165) is 12.2 Å². The van der Waals surface area contributed by atoms with Crippen molar-refractivity contribution >= 4 is 25.3 Å². The molecule has 58 valence electrons. The molecular weight excluding hydrogens is 148 g/mol. The molecular formula is C6H12N2OS. The molecule has 0 N–H and O–H groups in total. The molecule has 0 aromatic heterocycles. The van der Waals surface area contributed by atoms with Gasteiger partial charge in [0.25, 0.3) is 0 Å². The predicted molar refractivity (Wildman–Crippen MR) is 45.4 cm³/mol. The predicted octanol–water partition coefficient (Wildman–Crippen LogP) is 0.770. The van der Waals surface area contributed by atoms with E-state index >= 15 is 0 Å². The highest BCUT2D eigenvalue weighted by Crippen LogP contribution is 1.96. The molecule has 0 fully saturated rings. The molecule has 0 bridgehead atoms. The molecule has 0 aromatic rings. The zero-order valence-corrected chi connectivity index (χ0v) is 6.97. The Bertz CT molecular complexity index is 127. The second-order valence-electron chi connectivity index (χ2n) is 1.89. The zero-order valence-electron chi connectivity index (χ0n) is 6.08. The first-order valence-corrected chi connectivity index (χ1v) is 3.69. The summed E-state index contributed by atoms with van der Waals surface area (Å²) in [7, 11) is 1.59. The van der Waals surface area contributed by atoms with Crippen LogP contribution in [0.3, 0.4) is 0 Å². The quantitative estimate of drug-likeness (QED) is 0.368. The number of carbonyl (C=O) groups is 1. The first-order chi connectivity index (χ1) is 4.72. The van der Waals surface area contributed by atoms with Crippen LogP contribution in [0.25, 0.3) is 0 Å². The molecule has 0 aliphatic heterocycles. The van der Waals surface area contributed by atoms with Gasteiger partial charge in [0, 0.05) is 20.2 Å². The first kappa shape index (κ1) is 9.49. The molecule has 4 heteroatoms. The van der Waals surface area contributed by atoms with Gasteiger partial charge in [-0.2, -0.15) is 17.7 Å². The van der Waals surface area contributed by atoms with Gasteiger partial charge in [-0.15, -0.1) is 0 Å². The van der Waals surface area contributed by atoms with Crippen LogP contribution >= 0.6 is 12.6 Å². The van der Waals surface area contributed by atoms with Crippen molar-refractivity contribution < 1.29 is 4.79 Å². The lowest BCUT2D eigenvalue weighted by Crippen LogP contribution is -2.20. The maximum Gasteiger partial charge on any atom is 0.242 e. The number of rotatable bonds is 4. The Balaban J connectivity index is 3.51. The third kappa shape index (κ3) is 3.50. The number of hydrogen-bond donors (Lipinski definition) is 1. The standard InChI is InChI=1S/C6H12N2OS/c1-7-8(2)6(9)4-3-5-10/h10H,1,3-5H2,2H3. The molecule has 0 radical (unpaired) electrons. The lowest BCUT2D eigenvalue weighted by molar-refractivity contribution is -0.129. The average molecular weight is 160 g/mol. The number of hydrogen-bond acceptors (Lipinski definition) is 3. The molecule has 1 amide bonds. The Labute approximate surface area is 66.5 Å². The highest BCUT2D eigenvalue weighted by atomic mass is 32.1. The van der Waals surface area contributed by atoms with Crippen LogP contribution in [0.1, 0.15) is 12.8 Å². The van der Waals surface area contributed by atoms with E-state index in [0.29, 0.717) is 6.42 Å². The topological polar surface area (TPSA) is 32.7 Å². The highest BCUT2D eigenvalue weighted by Gasteiger charge is 2.03. The van der Waals surface area contributed by atoms with Gasteiger partial charge >= 0.3 is 0 Å². The Morgan fingerprint density at radius 1 is 1.80 bits per heavy atom. The van der Waals surface area contributed by atoms with Crippen LogP contribution in [-0.2, 0) is 4.79 Å². The van der Waals surface area contributed by atoms with Crippen molar-refractivity contribution in [1.82, 2.24) is 5.01 Å². The van der Waals surface area contributed by atoms with E-state index in [4.69, 9.17) is 0 Å². The number of thiol groups is 1. The van der Waals surface area contributed by atoms with Gasteiger partial charge in [-0.1, -0.05) is 0 Å². The second kappa shape index (κ2) is 5.29. The van der Waals surface area contributed by atoms with Crippen LogP contribution in [0, 0.1) is 0 Å². The second-order valence-corrected chi connectivity index (χ2v) is 2.33. The van der Waals surface area contributed by atoms with Crippen LogP contribution in [0.15, 0.2) is 5.10 Å². The Morgan fingerprint density at radius 3 is 2.80 bits per heavy atom. The summed E-state index contributed by atoms with van der Waals surface area (Å²) in [5.74, 6) is 0.723. The maximum absolute atomic E-state index is 10.9. The van der Waals surface area contributed by atoms with Crippen LogP contribution < -0.4 is 0 Å². The van der Waals surface area contributed by atoms with Gasteiger partial charge in [-0.3, -0.25) is 4.79 Å². The van der Waals surface area contributed by atoms with E-state index < -0.39 is 0 Å². The number of nitrogens with zero attached hydrogens (tertiary/aromatic N) is 2. The first-order valence-electron chi connectivity index (χ1n) is 3.06. The fraction of sp³-hybridized carbons (Fsp3) is 0.667. The minimum Gasteiger partial charge on any atom is -0.273 e.